The molecule has 9 heteroatoms. The van der Waals surface area contributed by atoms with Gasteiger partial charge in [-0.05, 0) is 38.4 Å². The molecule has 0 aliphatic carbocycles. The number of aromatic amines is 1. The first-order valence-corrected chi connectivity index (χ1v) is 10.1. The summed E-state index contributed by atoms with van der Waals surface area (Å²) in [6.07, 6.45) is 0. The molecule has 0 bridgehead atoms. The summed E-state index contributed by atoms with van der Waals surface area (Å²) in [5.41, 5.74) is 3.87. The Balaban J connectivity index is 1.76. The molecule has 5 rings (SSSR count). The van der Waals surface area contributed by atoms with E-state index in [9.17, 15) is 4.79 Å². The van der Waals surface area contributed by atoms with Crippen LogP contribution in [0.25, 0.3) is 10.6 Å². The summed E-state index contributed by atoms with van der Waals surface area (Å²) in [5.74, 6) is 0.427. The summed E-state index contributed by atoms with van der Waals surface area (Å²) in [6, 6.07) is 12.0. The highest BCUT2D eigenvalue weighted by Gasteiger charge is 2.34. The third-order valence-electron chi connectivity index (χ3n) is 5.12. The zero-order chi connectivity index (χ0) is 20.2. The van der Waals surface area contributed by atoms with E-state index in [0.29, 0.717) is 17.3 Å². The van der Waals surface area contributed by atoms with Crippen LogP contribution in [0.3, 0.4) is 0 Å². The Kier molecular flexibility index (Phi) is 3.88. The molecule has 3 aromatic heterocycles. The second kappa shape index (κ2) is 6.35. The van der Waals surface area contributed by atoms with Gasteiger partial charge in [0.1, 0.15) is 17.4 Å². The normalized spacial score (nSPS) is 15.5. The highest BCUT2D eigenvalue weighted by Crippen LogP contribution is 2.42. The second-order valence-electron chi connectivity index (χ2n) is 8.01. The van der Waals surface area contributed by atoms with Crippen molar-refractivity contribution in [2.45, 2.75) is 32.2 Å². The Labute approximate surface area is 170 Å². The molecule has 146 valence electrons. The van der Waals surface area contributed by atoms with Crippen LogP contribution in [0.2, 0.25) is 0 Å². The van der Waals surface area contributed by atoms with Crippen LogP contribution in [0.15, 0.2) is 46.6 Å². The molecule has 1 aromatic carbocycles. The Bertz CT molecular complexity index is 1230. The van der Waals surface area contributed by atoms with Crippen LogP contribution in [0.5, 0.6) is 0 Å². The maximum atomic E-state index is 12.6. The molecule has 8 nitrogen and oxygen atoms in total. The molecule has 29 heavy (non-hydrogen) atoms. The van der Waals surface area contributed by atoms with Gasteiger partial charge in [-0.1, -0.05) is 56.2 Å². The van der Waals surface area contributed by atoms with Crippen LogP contribution < -0.4 is 10.9 Å². The van der Waals surface area contributed by atoms with Crippen LogP contribution in [0.1, 0.15) is 43.5 Å². The molecular formula is C20H19N7OS. The SMILES string of the molecule is CC(C)(C)c1ccc([C@H]2c3c(-c4cccs4)n[nH]c(=O)c3Nc3nnnn32)cc1. The van der Waals surface area contributed by atoms with Crippen molar-refractivity contribution >= 4 is 23.0 Å². The van der Waals surface area contributed by atoms with Crippen LogP contribution in [-0.2, 0) is 5.41 Å². The molecule has 0 fully saturated rings. The van der Waals surface area contributed by atoms with Gasteiger partial charge in [0.25, 0.3) is 5.56 Å². The number of anilines is 2. The number of nitrogens with zero attached hydrogens (tertiary/aromatic N) is 5. The number of fused-ring (bicyclic) bond motifs is 2. The molecule has 0 saturated heterocycles. The molecule has 1 aliphatic heterocycles. The number of hydrogen-bond acceptors (Lipinski definition) is 7. The number of rotatable bonds is 2. The van der Waals surface area contributed by atoms with Gasteiger partial charge in [0.15, 0.2) is 0 Å². The van der Waals surface area contributed by atoms with E-state index in [0.717, 1.165) is 16.0 Å². The molecule has 0 saturated carbocycles. The van der Waals surface area contributed by atoms with Gasteiger partial charge in [0.2, 0.25) is 5.95 Å². The first-order chi connectivity index (χ1) is 13.9. The lowest BCUT2D eigenvalue weighted by Gasteiger charge is -2.28. The van der Waals surface area contributed by atoms with Gasteiger partial charge < -0.3 is 5.32 Å². The number of nitrogens with one attached hydrogen (secondary N) is 2. The summed E-state index contributed by atoms with van der Waals surface area (Å²) >= 11 is 1.57. The third kappa shape index (κ3) is 2.85. The second-order valence-corrected chi connectivity index (χ2v) is 8.96. The topological polar surface area (TPSA) is 101 Å². The minimum atomic E-state index is -0.364. The molecule has 1 atom stereocenters. The van der Waals surface area contributed by atoms with E-state index in [1.165, 1.54) is 5.56 Å². The highest BCUT2D eigenvalue weighted by molar-refractivity contribution is 7.13. The zero-order valence-electron chi connectivity index (χ0n) is 16.2. The van der Waals surface area contributed by atoms with Crippen LogP contribution in [0.4, 0.5) is 11.6 Å². The molecule has 4 heterocycles. The molecule has 0 unspecified atom stereocenters. The average molecular weight is 405 g/mol. The fourth-order valence-corrected chi connectivity index (χ4v) is 4.34. The van der Waals surface area contributed by atoms with Gasteiger partial charge in [0, 0.05) is 5.56 Å². The highest BCUT2D eigenvalue weighted by atomic mass is 32.1. The van der Waals surface area contributed by atoms with Gasteiger partial charge in [-0.15, -0.1) is 11.3 Å². The molecule has 4 aromatic rings. The number of thiophene rings is 1. The van der Waals surface area contributed by atoms with Gasteiger partial charge in [-0.25, -0.2) is 5.10 Å². The lowest BCUT2D eigenvalue weighted by Crippen LogP contribution is -2.29. The predicted octanol–water partition coefficient (Wildman–Crippen LogP) is 3.48. The lowest BCUT2D eigenvalue weighted by atomic mass is 9.85. The van der Waals surface area contributed by atoms with Crippen molar-refractivity contribution in [2.75, 3.05) is 5.32 Å². The van der Waals surface area contributed by atoms with E-state index < -0.39 is 0 Å². The van der Waals surface area contributed by atoms with E-state index in [1.54, 1.807) is 16.0 Å². The van der Waals surface area contributed by atoms with Crippen molar-refractivity contribution in [3.05, 3.63) is 68.8 Å². The summed E-state index contributed by atoms with van der Waals surface area (Å²) in [5, 5.41) is 24.1. The summed E-state index contributed by atoms with van der Waals surface area (Å²) in [7, 11) is 0. The van der Waals surface area contributed by atoms with E-state index in [-0.39, 0.29) is 17.0 Å². The fourth-order valence-electron chi connectivity index (χ4n) is 3.61. The minimum Gasteiger partial charge on any atom is -0.318 e. The Morgan fingerprint density at radius 1 is 1.14 bits per heavy atom. The number of H-pyrrole nitrogens is 1. The number of hydrogen-bond donors (Lipinski definition) is 2. The van der Waals surface area contributed by atoms with Gasteiger partial charge in [-0.3, -0.25) is 4.79 Å². The monoisotopic (exact) mass is 405 g/mol. The molecule has 2 N–H and O–H groups in total. The summed E-state index contributed by atoms with van der Waals surface area (Å²) in [4.78, 5) is 13.6. The van der Waals surface area contributed by atoms with Crippen LogP contribution in [0, 0.1) is 0 Å². The average Bonchev–Trinajstić information content (AvgIpc) is 3.38. The van der Waals surface area contributed by atoms with Crippen molar-refractivity contribution in [1.29, 1.82) is 0 Å². The van der Waals surface area contributed by atoms with Gasteiger partial charge in [-0.2, -0.15) is 9.78 Å². The Morgan fingerprint density at radius 2 is 1.93 bits per heavy atom. The maximum absolute atomic E-state index is 12.6. The van der Waals surface area contributed by atoms with Gasteiger partial charge in [0.05, 0.1) is 4.88 Å². The van der Waals surface area contributed by atoms with E-state index >= 15 is 0 Å². The molecular weight excluding hydrogens is 386 g/mol. The van der Waals surface area contributed by atoms with Crippen molar-refractivity contribution in [3.8, 4) is 10.6 Å². The number of tetrazole rings is 1. The largest absolute Gasteiger partial charge is 0.318 e. The minimum absolute atomic E-state index is 0.0470. The fraction of sp³-hybridized carbons (Fsp3) is 0.250. The summed E-state index contributed by atoms with van der Waals surface area (Å²) < 4.78 is 1.70. The first kappa shape index (κ1) is 17.7. The number of benzene rings is 1. The maximum Gasteiger partial charge on any atom is 0.288 e. The van der Waals surface area contributed by atoms with Crippen LogP contribution in [-0.4, -0.2) is 30.4 Å². The Morgan fingerprint density at radius 3 is 2.62 bits per heavy atom. The molecule has 0 spiro atoms. The Hall–Kier alpha value is -3.33. The molecule has 0 amide bonds. The van der Waals surface area contributed by atoms with Crippen LogP contribution >= 0.6 is 11.3 Å². The van der Waals surface area contributed by atoms with Crippen molar-refractivity contribution < 1.29 is 0 Å². The smallest absolute Gasteiger partial charge is 0.288 e. The lowest BCUT2D eigenvalue weighted by molar-refractivity contribution is 0.564. The predicted molar refractivity (Wildman–Crippen MR) is 112 cm³/mol. The molecule has 1 aliphatic rings. The third-order valence-corrected chi connectivity index (χ3v) is 5.99. The van der Waals surface area contributed by atoms with Crippen molar-refractivity contribution in [3.63, 3.8) is 0 Å². The van der Waals surface area contributed by atoms with E-state index in [2.05, 4.69) is 76.1 Å². The standard InChI is InChI=1S/C20H19N7OS/c1-20(2,3)12-8-6-11(7-9-12)17-14-15(13-5-4-10-29-13)22-23-18(28)16(14)21-19-24-25-26-27(17)19/h4-10,17H,1-3H3,(H,23,28)(H,21,24,26)/t17-/m0/s1. The summed E-state index contributed by atoms with van der Waals surface area (Å²) in [6.45, 7) is 6.54. The van der Waals surface area contributed by atoms with Crippen molar-refractivity contribution in [2.24, 2.45) is 0 Å². The van der Waals surface area contributed by atoms with E-state index in [1.807, 2.05) is 17.5 Å². The zero-order valence-corrected chi connectivity index (χ0v) is 17.0. The number of aromatic nitrogens is 6. The van der Waals surface area contributed by atoms with Crippen molar-refractivity contribution in [1.82, 2.24) is 30.4 Å². The first-order valence-electron chi connectivity index (χ1n) is 9.25. The quantitative estimate of drug-likeness (QED) is 0.466. The molecule has 0 radical (unpaired) electrons. The van der Waals surface area contributed by atoms with Gasteiger partial charge >= 0.3 is 0 Å². The van der Waals surface area contributed by atoms with E-state index in [4.69, 9.17) is 0 Å².